The molecule has 0 spiro atoms. The predicted octanol–water partition coefficient (Wildman–Crippen LogP) is 4.69. The average molecular weight is 480 g/mol. The Morgan fingerprint density at radius 3 is 2.57 bits per heavy atom. The topological polar surface area (TPSA) is 141 Å². The van der Waals surface area contributed by atoms with Crippen LogP contribution in [-0.4, -0.2) is 25.7 Å². The van der Waals surface area contributed by atoms with Crippen LogP contribution in [0.15, 0.2) is 45.8 Å². The number of carbonyl (C=O) groups is 1. The number of nitrogens with zero attached hydrogens (tertiary/aromatic N) is 4. The lowest BCUT2D eigenvalue weighted by Gasteiger charge is -2.16. The third kappa shape index (κ3) is 4.84. The molecule has 10 nitrogen and oxygen atoms in total. The van der Waals surface area contributed by atoms with Crippen molar-refractivity contribution in [2.45, 2.75) is 46.1 Å². The third-order valence-electron chi connectivity index (χ3n) is 5.35. The van der Waals surface area contributed by atoms with Gasteiger partial charge in [0.15, 0.2) is 0 Å². The van der Waals surface area contributed by atoms with Gasteiger partial charge in [0.05, 0.1) is 11.4 Å². The first-order chi connectivity index (χ1) is 16.4. The van der Waals surface area contributed by atoms with Gasteiger partial charge >= 0.3 is 6.03 Å². The van der Waals surface area contributed by atoms with Crippen molar-refractivity contribution >= 4 is 34.6 Å². The number of urea groups is 1. The van der Waals surface area contributed by atoms with Crippen molar-refractivity contribution < 1.29 is 13.7 Å². The standard InChI is InChI=1S/C24H26FN7O3/c1-12(2)32-20-14(11-27-22(26)30-20)8-15(21(32)33)13-6-7-16(25)17(9-13)28-23(34)29-19-10-18(31-35-19)24(3,4)5/h6-12H,1-5H3,(H2,26,27,30)(H2,28,29,34). The number of carbonyl (C=O) groups excluding carboxylic acids is 1. The zero-order chi connectivity index (χ0) is 25.5. The molecule has 0 atom stereocenters. The van der Waals surface area contributed by atoms with Gasteiger partial charge in [-0.25, -0.2) is 14.2 Å². The third-order valence-corrected chi connectivity index (χ3v) is 5.35. The van der Waals surface area contributed by atoms with Crippen molar-refractivity contribution in [1.82, 2.24) is 19.7 Å². The van der Waals surface area contributed by atoms with Gasteiger partial charge in [-0.1, -0.05) is 32.0 Å². The highest BCUT2D eigenvalue weighted by Crippen LogP contribution is 2.27. The van der Waals surface area contributed by atoms with Crippen LogP contribution < -0.4 is 21.9 Å². The van der Waals surface area contributed by atoms with Crippen LogP contribution in [0.2, 0.25) is 0 Å². The van der Waals surface area contributed by atoms with E-state index in [-0.39, 0.29) is 34.5 Å². The molecular weight excluding hydrogens is 453 g/mol. The summed E-state index contributed by atoms with van der Waals surface area (Å²) in [6, 6.07) is 6.32. The molecule has 11 heteroatoms. The van der Waals surface area contributed by atoms with Gasteiger partial charge in [0.1, 0.15) is 11.5 Å². The van der Waals surface area contributed by atoms with E-state index in [1.807, 2.05) is 34.6 Å². The van der Waals surface area contributed by atoms with Gasteiger partial charge in [0.25, 0.3) is 5.56 Å². The number of halogens is 1. The highest BCUT2D eigenvalue weighted by Gasteiger charge is 2.20. The Morgan fingerprint density at radius 1 is 1.17 bits per heavy atom. The summed E-state index contributed by atoms with van der Waals surface area (Å²) in [6.45, 7) is 9.56. The molecule has 1 aromatic carbocycles. The van der Waals surface area contributed by atoms with Gasteiger partial charge in [-0.2, -0.15) is 4.98 Å². The Balaban J connectivity index is 1.67. The van der Waals surface area contributed by atoms with Gasteiger partial charge in [0.2, 0.25) is 11.8 Å². The van der Waals surface area contributed by atoms with E-state index in [1.165, 1.54) is 29.0 Å². The lowest BCUT2D eigenvalue weighted by molar-refractivity contribution is 0.261. The minimum Gasteiger partial charge on any atom is -0.368 e. The maximum Gasteiger partial charge on any atom is 0.326 e. The fourth-order valence-electron chi connectivity index (χ4n) is 3.56. The van der Waals surface area contributed by atoms with Crippen molar-refractivity contribution in [3.8, 4) is 11.1 Å². The summed E-state index contributed by atoms with van der Waals surface area (Å²) in [6.07, 6.45) is 1.53. The number of aromatic nitrogens is 4. The smallest absolute Gasteiger partial charge is 0.326 e. The first-order valence-corrected chi connectivity index (χ1v) is 11.0. The van der Waals surface area contributed by atoms with Crippen LogP contribution in [-0.2, 0) is 5.41 Å². The predicted molar refractivity (Wildman–Crippen MR) is 132 cm³/mol. The van der Waals surface area contributed by atoms with Crippen LogP contribution in [0.5, 0.6) is 0 Å². The molecule has 3 heterocycles. The van der Waals surface area contributed by atoms with E-state index in [4.69, 9.17) is 10.3 Å². The largest absolute Gasteiger partial charge is 0.368 e. The van der Waals surface area contributed by atoms with Crippen LogP contribution in [0.1, 0.15) is 46.4 Å². The van der Waals surface area contributed by atoms with E-state index in [0.717, 1.165) is 0 Å². The number of nitrogen functional groups attached to an aromatic ring is 1. The first kappa shape index (κ1) is 23.9. The SMILES string of the molecule is CC(C)n1c(=O)c(-c2ccc(F)c(NC(=O)Nc3cc(C(C)(C)C)no3)c2)cc2cnc(N)nc21. The molecule has 4 N–H and O–H groups in total. The number of rotatable bonds is 4. The zero-order valence-electron chi connectivity index (χ0n) is 20.0. The quantitative estimate of drug-likeness (QED) is 0.385. The number of hydrogen-bond donors (Lipinski definition) is 3. The maximum absolute atomic E-state index is 14.6. The number of nitrogens with one attached hydrogen (secondary N) is 2. The van der Waals surface area contributed by atoms with E-state index in [2.05, 4.69) is 25.8 Å². The van der Waals surface area contributed by atoms with E-state index in [0.29, 0.717) is 27.9 Å². The van der Waals surface area contributed by atoms with E-state index in [1.54, 1.807) is 12.1 Å². The number of hydrogen-bond acceptors (Lipinski definition) is 7. The Morgan fingerprint density at radius 2 is 1.91 bits per heavy atom. The molecule has 182 valence electrons. The van der Waals surface area contributed by atoms with Crippen LogP contribution >= 0.6 is 0 Å². The summed E-state index contributed by atoms with van der Waals surface area (Å²) in [5.41, 5.74) is 6.78. The molecular formula is C24H26FN7O3. The van der Waals surface area contributed by atoms with Gasteiger partial charge in [-0.3, -0.25) is 14.7 Å². The molecule has 4 aromatic rings. The molecule has 0 aliphatic heterocycles. The van der Waals surface area contributed by atoms with Crippen LogP contribution in [0.25, 0.3) is 22.2 Å². The molecule has 0 saturated heterocycles. The lowest BCUT2D eigenvalue weighted by Crippen LogP contribution is -2.25. The minimum atomic E-state index is -0.723. The minimum absolute atomic E-state index is 0.0553. The second-order valence-electron chi connectivity index (χ2n) is 9.43. The second-order valence-corrected chi connectivity index (χ2v) is 9.43. The van der Waals surface area contributed by atoms with Crippen molar-refractivity contribution in [1.29, 1.82) is 0 Å². The summed E-state index contributed by atoms with van der Waals surface area (Å²) < 4.78 is 21.2. The van der Waals surface area contributed by atoms with Crippen molar-refractivity contribution in [3.05, 3.63) is 58.4 Å². The summed E-state index contributed by atoms with van der Waals surface area (Å²) in [4.78, 5) is 34.0. The number of anilines is 3. The van der Waals surface area contributed by atoms with Gasteiger partial charge in [-0.05, 0) is 37.6 Å². The maximum atomic E-state index is 14.6. The fourth-order valence-corrected chi connectivity index (χ4v) is 3.56. The molecule has 0 fully saturated rings. The highest BCUT2D eigenvalue weighted by atomic mass is 19.1. The molecule has 35 heavy (non-hydrogen) atoms. The van der Waals surface area contributed by atoms with Crippen molar-refractivity contribution in [3.63, 3.8) is 0 Å². The zero-order valence-corrected chi connectivity index (χ0v) is 20.0. The number of pyridine rings is 1. The van der Waals surface area contributed by atoms with Crippen LogP contribution in [0.4, 0.5) is 26.7 Å². The van der Waals surface area contributed by atoms with E-state index < -0.39 is 11.8 Å². The molecule has 4 rings (SSSR count). The van der Waals surface area contributed by atoms with Gasteiger partial charge in [0, 0.05) is 34.7 Å². The molecule has 0 bridgehead atoms. The van der Waals surface area contributed by atoms with Gasteiger partial charge < -0.3 is 15.6 Å². The van der Waals surface area contributed by atoms with Crippen molar-refractivity contribution in [2.24, 2.45) is 0 Å². The van der Waals surface area contributed by atoms with Crippen molar-refractivity contribution in [2.75, 3.05) is 16.4 Å². The van der Waals surface area contributed by atoms with E-state index >= 15 is 0 Å². The average Bonchev–Trinajstić information content (AvgIpc) is 3.23. The van der Waals surface area contributed by atoms with Gasteiger partial charge in [-0.15, -0.1) is 0 Å². The summed E-state index contributed by atoms with van der Waals surface area (Å²) >= 11 is 0. The van der Waals surface area contributed by atoms with Crippen LogP contribution in [0.3, 0.4) is 0 Å². The highest BCUT2D eigenvalue weighted by molar-refractivity contribution is 5.99. The van der Waals surface area contributed by atoms with E-state index in [9.17, 15) is 14.0 Å². The summed E-state index contributed by atoms with van der Waals surface area (Å²) in [7, 11) is 0. The monoisotopic (exact) mass is 479 g/mol. The lowest BCUT2D eigenvalue weighted by atomic mass is 9.92. The fraction of sp³-hybridized carbons (Fsp3) is 0.292. The second kappa shape index (κ2) is 8.82. The Labute approximate surface area is 200 Å². The molecule has 2 amide bonds. The normalized spacial score (nSPS) is 11.7. The number of fused-ring (bicyclic) bond motifs is 1. The molecule has 0 aliphatic carbocycles. The molecule has 0 radical (unpaired) electrons. The molecule has 0 unspecified atom stereocenters. The number of nitrogens with two attached hydrogens (primary N) is 1. The molecule has 0 aliphatic rings. The Hall–Kier alpha value is -4.28. The molecule has 0 saturated carbocycles. The molecule has 3 aromatic heterocycles. The summed E-state index contributed by atoms with van der Waals surface area (Å²) in [5.74, 6) is -0.491. The first-order valence-electron chi connectivity index (χ1n) is 11.0. The summed E-state index contributed by atoms with van der Waals surface area (Å²) in [5, 5.41) is 9.48. The Kier molecular flexibility index (Phi) is 6.01. The number of amides is 2. The Bertz CT molecular complexity index is 1480. The van der Waals surface area contributed by atoms with Crippen LogP contribution in [0, 0.1) is 5.82 Å². The number of benzene rings is 1.